The number of amides is 2. The number of piperidine rings is 1. The number of para-hydroxylation sites is 1. The smallest absolute Gasteiger partial charge is 0.405 e. The monoisotopic (exact) mass is 565 g/mol. The number of anilines is 1. The highest BCUT2D eigenvalue weighted by atomic mass is 19.4. The van der Waals surface area contributed by atoms with E-state index in [1.54, 1.807) is 33.8 Å². The Morgan fingerprint density at radius 3 is 2.63 bits per heavy atom. The van der Waals surface area contributed by atoms with Crippen molar-refractivity contribution in [2.45, 2.75) is 31.8 Å². The Balaban J connectivity index is 1.36. The number of carbonyl (C=O) groups excluding carboxylic acids is 2. The van der Waals surface area contributed by atoms with Gasteiger partial charge in [0, 0.05) is 25.2 Å². The van der Waals surface area contributed by atoms with Gasteiger partial charge in [0.15, 0.2) is 5.65 Å². The molecule has 3 heterocycles. The van der Waals surface area contributed by atoms with E-state index in [1.807, 2.05) is 0 Å². The van der Waals surface area contributed by atoms with Crippen LogP contribution in [-0.2, 0) is 11.3 Å². The predicted octanol–water partition coefficient (Wildman–Crippen LogP) is 4.25. The van der Waals surface area contributed by atoms with E-state index in [0.29, 0.717) is 35.4 Å². The van der Waals surface area contributed by atoms with Crippen molar-refractivity contribution in [1.82, 2.24) is 30.0 Å². The predicted molar refractivity (Wildman–Crippen MR) is 145 cm³/mol. The van der Waals surface area contributed by atoms with Crippen LogP contribution < -0.4 is 15.8 Å². The average Bonchev–Trinajstić information content (AvgIpc) is 3.36. The number of alkyl halides is 3. The molecule has 1 fully saturated rings. The third kappa shape index (κ3) is 5.98. The first-order chi connectivity index (χ1) is 19.6. The van der Waals surface area contributed by atoms with Gasteiger partial charge in [-0.25, -0.2) is 14.6 Å². The van der Waals surface area contributed by atoms with Crippen LogP contribution in [0.25, 0.3) is 22.3 Å². The van der Waals surface area contributed by atoms with Gasteiger partial charge >= 0.3 is 6.36 Å². The van der Waals surface area contributed by atoms with Gasteiger partial charge in [0.2, 0.25) is 5.91 Å². The summed E-state index contributed by atoms with van der Waals surface area (Å²) in [6, 6.07) is 12.2. The van der Waals surface area contributed by atoms with Crippen molar-refractivity contribution >= 4 is 28.7 Å². The molecule has 1 saturated heterocycles. The molecule has 4 aromatic rings. The van der Waals surface area contributed by atoms with Gasteiger partial charge in [-0.05, 0) is 36.6 Å². The van der Waals surface area contributed by atoms with Gasteiger partial charge in [-0.15, -0.1) is 13.2 Å². The quantitative estimate of drug-likeness (QED) is 0.321. The van der Waals surface area contributed by atoms with Crippen molar-refractivity contribution in [3.05, 3.63) is 78.6 Å². The maximum Gasteiger partial charge on any atom is 0.573 e. The molecular weight excluding hydrogens is 539 g/mol. The second kappa shape index (κ2) is 11.3. The third-order valence-corrected chi connectivity index (χ3v) is 6.78. The Hall–Kier alpha value is -4.94. The van der Waals surface area contributed by atoms with Crippen molar-refractivity contribution < 1.29 is 27.5 Å². The van der Waals surface area contributed by atoms with E-state index in [-0.39, 0.29) is 29.9 Å². The van der Waals surface area contributed by atoms with Gasteiger partial charge in [0.25, 0.3) is 5.91 Å². The number of fused-ring (bicyclic) bond motifs is 1. The summed E-state index contributed by atoms with van der Waals surface area (Å²) >= 11 is 0. The number of nitrogens with two attached hydrogens (primary N) is 1. The molecule has 0 aliphatic carbocycles. The maximum atomic E-state index is 12.7. The number of rotatable bonds is 7. The number of nitrogens with zero attached hydrogens (tertiary/aromatic N) is 5. The number of carbonyl (C=O) groups is 2. The van der Waals surface area contributed by atoms with E-state index < -0.39 is 18.0 Å². The molecule has 1 aliphatic heterocycles. The number of aromatic nitrogens is 4. The fourth-order valence-electron chi connectivity index (χ4n) is 4.86. The van der Waals surface area contributed by atoms with Gasteiger partial charge in [-0.3, -0.25) is 9.59 Å². The van der Waals surface area contributed by atoms with Crippen LogP contribution in [0, 0.1) is 0 Å². The molecule has 2 amide bonds. The van der Waals surface area contributed by atoms with Crippen LogP contribution in [0.1, 0.15) is 34.8 Å². The molecule has 3 N–H and O–H groups in total. The summed E-state index contributed by atoms with van der Waals surface area (Å²) in [4.78, 5) is 35.1. The summed E-state index contributed by atoms with van der Waals surface area (Å²) in [6.07, 6.45) is -0.643. The molecule has 0 saturated carbocycles. The molecule has 0 spiro atoms. The van der Waals surface area contributed by atoms with Crippen LogP contribution in [0.2, 0.25) is 0 Å². The fraction of sp³-hybridized carbons (Fsp3) is 0.250. The minimum atomic E-state index is -4.92. The standard InChI is InChI=1S/C28H26F3N7O3/c1-2-22(39)37-13-5-6-19(15-37)38-26-23(25(32)34-16-35-26)24(36-38)18-11-9-17(10-12-18)14-33-27(40)20-7-3-4-8-21(20)41-28(29,30)31/h2-4,7-12,16,19H,1,5-6,13-15H2,(H,33,40)(H2,32,34,35). The first-order valence-corrected chi connectivity index (χ1v) is 12.8. The van der Waals surface area contributed by atoms with E-state index in [1.165, 1.54) is 30.6 Å². The van der Waals surface area contributed by atoms with Gasteiger partial charge in [0.05, 0.1) is 17.0 Å². The van der Waals surface area contributed by atoms with E-state index in [2.05, 4.69) is 26.6 Å². The highest BCUT2D eigenvalue weighted by Crippen LogP contribution is 2.34. The number of hydrogen-bond acceptors (Lipinski definition) is 7. The maximum absolute atomic E-state index is 12.7. The second-order valence-electron chi connectivity index (χ2n) is 9.46. The van der Waals surface area contributed by atoms with Crippen molar-refractivity contribution in [3.8, 4) is 17.0 Å². The van der Waals surface area contributed by atoms with Gasteiger partial charge in [0.1, 0.15) is 23.6 Å². The van der Waals surface area contributed by atoms with E-state index in [9.17, 15) is 22.8 Å². The molecule has 13 heteroatoms. The van der Waals surface area contributed by atoms with Gasteiger partial charge in [-0.2, -0.15) is 5.10 Å². The Labute approximate surface area is 232 Å². The van der Waals surface area contributed by atoms with Crippen molar-refractivity contribution in [2.75, 3.05) is 18.8 Å². The summed E-state index contributed by atoms with van der Waals surface area (Å²) in [6.45, 7) is 4.75. The molecule has 0 bridgehead atoms. The summed E-state index contributed by atoms with van der Waals surface area (Å²) in [5.74, 6) is -1.16. The molecule has 2 aromatic carbocycles. The minimum absolute atomic E-state index is 0.0646. The SMILES string of the molecule is C=CC(=O)N1CCCC(n2nc(-c3ccc(CNC(=O)c4ccccc4OC(F)(F)F)cc3)c3c(N)ncnc32)C1. The Bertz CT molecular complexity index is 1600. The van der Waals surface area contributed by atoms with Crippen LogP contribution in [0.3, 0.4) is 0 Å². The average molecular weight is 566 g/mol. The van der Waals surface area contributed by atoms with Crippen LogP contribution in [0.15, 0.2) is 67.5 Å². The van der Waals surface area contributed by atoms with Gasteiger partial charge < -0.3 is 20.7 Å². The lowest BCUT2D eigenvalue weighted by molar-refractivity contribution is -0.274. The molecule has 41 heavy (non-hydrogen) atoms. The fourth-order valence-corrected chi connectivity index (χ4v) is 4.86. The number of hydrogen-bond donors (Lipinski definition) is 2. The van der Waals surface area contributed by atoms with Crippen molar-refractivity contribution in [3.63, 3.8) is 0 Å². The zero-order valence-electron chi connectivity index (χ0n) is 21.8. The Kier molecular flexibility index (Phi) is 7.60. The van der Waals surface area contributed by atoms with E-state index in [0.717, 1.165) is 24.5 Å². The first kappa shape index (κ1) is 27.6. The number of halogens is 3. The first-order valence-electron chi connectivity index (χ1n) is 12.8. The molecule has 212 valence electrons. The lowest BCUT2D eigenvalue weighted by Crippen LogP contribution is -2.40. The number of nitrogen functional groups attached to an aromatic ring is 1. The summed E-state index contributed by atoms with van der Waals surface area (Å²) in [5, 5.41) is 8.05. The van der Waals surface area contributed by atoms with Crippen LogP contribution in [-0.4, -0.2) is 55.9 Å². The highest BCUT2D eigenvalue weighted by Gasteiger charge is 2.33. The molecule has 5 rings (SSSR count). The summed E-state index contributed by atoms with van der Waals surface area (Å²) < 4.78 is 43.9. The Morgan fingerprint density at radius 1 is 1.15 bits per heavy atom. The molecule has 1 aliphatic rings. The van der Waals surface area contributed by atoms with E-state index in [4.69, 9.17) is 10.8 Å². The zero-order valence-corrected chi connectivity index (χ0v) is 21.8. The third-order valence-electron chi connectivity index (χ3n) is 6.78. The van der Waals surface area contributed by atoms with Crippen molar-refractivity contribution in [1.29, 1.82) is 0 Å². The van der Waals surface area contributed by atoms with Crippen LogP contribution in [0.4, 0.5) is 19.0 Å². The molecule has 10 nitrogen and oxygen atoms in total. The normalized spacial score (nSPS) is 15.5. The second-order valence-corrected chi connectivity index (χ2v) is 9.46. The Morgan fingerprint density at radius 2 is 1.90 bits per heavy atom. The summed E-state index contributed by atoms with van der Waals surface area (Å²) in [7, 11) is 0. The molecule has 2 aromatic heterocycles. The molecule has 0 radical (unpaired) electrons. The summed E-state index contributed by atoms with van der Waals surface area (Å²) in [5.41, 5.74) is 8.56. The molecule has 1 unspecified atom stereocenters. The number of benzene rings is 2. The molecule has 1 atom stereocenters. The van der Waals surface area contributed by atoms with Crippen LogP contribution >= 0.6 is 0 Å². The van der Waals surface area contributed by atoms with Crippen molar-refractivity contribution in [2.24, 2.45) is 0 Å². The number of ether oxygens (including phenoxy) is 1. The zero-order chi connectivity index (χ0) is 29.1. The van der Waals surface area contributed by atoms with E-state index >= 15 is 0 Å². The number of nitrogens with one attached hydrogen (secondary N) is 1. The van der Waals surface area contributed by atoms with Crippen LogP contribution in [0.5, 0.6) is 5.75 Å². The largest absolute Gasteiger partial charge is 0.573 e. The lowest BCUT2D eigenvalue weighted by Gasteiger charge is -2.32. The van der Waals surface area contributed by atoms with Gasteiger partial charge in [-0.1, -0.05) is 43.0 Å². The number of likely N-dealkylation sites (tertiary alicyclic amines) is 1. The highest BCUT2D eigenvalue weighted by molar-refractivity contribution is 5.98. The topological polar surface area (TPSA) is 128 Å². The lowest BCUT2D eigenvalue weighted by atomic mass is 10.1. The molecular formula is C28H26F3N7O3. The minimum Gasteiger partial charge on any atom is -0.405 e.